The van der Waals surface area contributed by atoms with Crippen LogP contribution in [0.3, 0.4) is 0 Å². The van der Waals surface area contributed by atoms with Crippen molar-refractivity contribution >= 4 is 23.9 Å². The minimum absolute atomic E-state index is 0.00828. The first-order valence-electron chi connectivity index (χ1n) is 14.3. The van der Waals surface area contributed by atoms with Crippen LogP contribution in [-0.4, -0.2) is 52.2 Å². The van der Waals surface area contributed by atoms with Gasteiger partial charge in [0.1, 0.15) is 17.4 Å². The molecule has 43 heavy (non-hydrogen) atoms. The zero-order chi connectivity index (χ0) is 31.1. The summed E-state index contributed by atoms with van der Waals surface area (Å²) in [6.45, 7) is 9.88. The summed E-state index contributed by atoms with van der Waals surface area (Å²) in [7, 11) is 0. The molecule has 2 aromatic carbocycles. The molecule has 0 radical (unpaired) electrons. The monoisotopic (exact) mass is 580 g/mol. The molecule has 0 unspecified atom stereocenters. The van der Waals surface area contributed by atoms with Gasteiger partial charge in [0.05, 0.1) is 24.6 Å². The molecule has 4 rings (SSSR count). The molecule has 0 atom stereocenters. The van der Waals surface area contributed by atoms with E-state index in [-0.39, 0.29) is 30.7 Å². The molecule has 2 heterocycles. The third kappa shape index (κ3) is 7.28. The highest BCUT2D eigenvalue weighted by Crippen LogP contribution is 2.33. The molecule has 9 nitrogen and oxygen atoms in total. The van der Waals surface area contributed by atoms with Crippen molar-refractivity contribution in [2.24, 2.45) is 5.92 Å². The first-order chi connectivity index (χ1) is 20.6. The molecule has 1 aromatic heterocycles. The molecular formula is C34H36N4O5. The van der Waals surface area contributed by atoms with Crippen molar-refractivity contribution in [2.45, 2.75) is 47.5 Å². The second-order valence-corrected chi connectivity index (χ2v) is 10.8. The summed E-state index contributed by atoms with van der Waals surface area (Å²) in [6.07, 6.45) is 4.72. The lowest BCUT2D eigenvalue weighted by atomic mass is 9.93. The number of hydrogen-bond acceptors (Lipinski definition) is 7. The van der Waals surface area contributed by atoms with Crippen molar-refractivity contribution in [3.63, 3.8) is 0 Å². The molecule has 0 saturated heterocycles. The van der Waals surface area contributed by atoms with Crippen LogP contribution >= 0.6 is 0 Å². The van der Waals surface area contributed by atoms with Gasteiger partial charge in [-0.1, -0.05) is 32.0 Å². The summed E-state index contributed by atoms with van der Waals surface area (Å²) in [5.41, 5.74) is 4.32. The summed E-state index contributed by atoms with van der Waals surface area (Å²) in [6, 6.07) is 17.4. The molecule has 1 aliphatic heterocycles. The number of nitriles is 1. The zero-order valence-corrected chi connectivity index (χ0v) is 25.2. The number of imide groups is 1. The van der Waals surface area contributed by atoms with Crippen LogP contribution in [0.1, 0.15) is 51.7 Å². The Morgan fingerprint density at radius 1 is 1.07 bits per heavy atom. The zero-order valence-electron chi connectivity index (χ0n) is 25.2. The maximum atomic E-state index is 13.7. The second-order valence-electron chi connectivity index (χ2n) is 10.8. The maximum Gasteiger partial charge on any atom is 0.302 e. The van der Waals surface area contributed by atoms with Crippen LogP contribution in [0.15, 0.2) is 71.4 Å². The highest BCUT2D eigenvalue weighted by molar-refractivity contribution is 6.19. The quantitative estimate of drug-likeness (QED) is 0.122. The number of carbonyl (C=O) groups excluding carboxylic acids is 3. The van der Waals surface area contributed by atoms with Crippen molar-refractivity contribution in [3.05, 3.63) is 82.6 Å². The fourth-order valence-electron chi connectivity index (χ4n) is 4.72. The Kier molecular flexibility index (Phi) is 9.94. The average Bonchev–Trinajstić information content (AvgIpc) is 3.40. The smallest absolute Gasteiger partial charge is 0.302 e. The molecular weight excluding hydrogens is 544 g/mol. The highest BCUT2D eigenvalue weighted by Gasteiger charge is 2.35. The second kappa shape index (κ2) is 13.8. The molecule has 9 heteroatoms. The minimum atomic E-state index is -0.658. The van der Waals surface area contributed by atoms with Gasteiger partial charge in [-0.3, -0.25) is 19.3 Å². The third-order valence-electron chi connectivity index (χ3n) is 7.12. The largest absolute Gasteiger partial charge is 0.493 e. The summed E-state index contributed by atoms with van der Waals surface area (Å²) in [5, 5.41) is 14.7. The number of rotatable bonds is 11. The van der Waals surface area contributed by atoms with E-state index >= 15 is 0 Å². The number of aryl methyl sites for hydroxylation is 1. The van der Waals surface area contributed by atoms with Gasteiger partial charge in [-0.2, -0.15) is 10.4 Å². The van der Waals surface area contributed by atoms with Gasteiger partial charge in [-0.05, 0) is 80.2 Å². The van der Waals surface area contributed by atoms with Crippen LogP contribution in [0.2, 0.25) is 0 Å². The summed E-state index contributed by atoms with van der Waals surface area (Å²) in [4.78, 5) is 38.9. The van der Waals surface area contributed by atoms with Crippen LogP contribution < -0.4 is 4.74 Å². The molecule has 0 saturated carbocycles. The van der Waals surface area contributed by atoms with E-state index < -0.39 is 17.8 Å². The summed E-state index contributed by atoms with van der Waals surface area (Å²) in [5.74, 6) is -0.284. The molecule has 0 spiro atoms. The van der Waals surface area contributed by atoms with Gasteiger partial charge >= 0.3 is 5.97 Å². The topological polar surface area (TPSA) is 115 Å². The Hall–Kier alpha value is -4.97. The van der Waals surface area contributed by atoms with E-state index in [9.17, 15) is 19.6 Å². The molecule has 0 N–H and O–H groups in total. The van der Waals surface area contributed by atoms with Crippen LogP contribution in [0, 0.1) is 24.2 Å². The Morgan fingerprint density at radius 3 is 2.47 bits per heavy atom. The highest BCUT2D eigenvalue weighted by atomic mass is 16.5. The van der Waals surface area contributed by atoms with E-state index in [0.29, 0.717) is 29.4 Å². The lowest BCUT2D eigenvalue weighted by molar-refractivity contribution is -0.141. The summed E-state index contributed by atoms with van der Waals surface area (Å²) < 4.78 is 12.7. The number of esters is 1. The van der Waals surface area contributed by atoms with E-state index in [1.807, 2.05) is 67.7 Å². The van der Waals surface area contributed by atoms with Gasteiger partial charge in [0.25, 0.3) is 11.8 Å². The van der Waals surface area contributed by atoms with E-state index in [4.69, 9.17) is 14.6 Å². The molecule has 3 aromatic rings. The van der Waals surface area contributed by atoms with E-state index in [1.54, 1.807) is 17.7 Å². The van der Waals surface area contributed by atoms with Crippen LogP contribution in [0.5, 0.6) is 5.75 Å². The molecule has 0 bridgehead atoms. The van der Waals surface area contributed by atoms with Crippen molar-refractivity contribution in [3.8, 4) is 28.8 Å². The van der Waals surface area contributed by atoms with Gasteiger partial charge in [0.15, 0.2) is 0 Å². The van der Waals surface area contributed by atoms with Crippen molar-refractivity contribution in [2.75, 3.05) is 19.8 Å². The molecule has 1 aliphatic rings. The van der Waals surface area contributed by atoms with Crippen LogP contribution in [0.4, 0.5) is 0 Å². The predicted molar refractivity (Wildman–Crippen MR) is 163 cm³/mol. The number of amides is 2. The fourth-order valence-corrected chi connectivity index (χ4v) is 4.72. The van der Waals surface area contributed by atoms with Gasteiger partial charge in [0, 0.05) is 36.4 Å². The number of benzene rings is 2. The summed E-state index contributed by atoms with van der Waals surface area (Å²) >= 11 is 0. The van der Waals surface area contributed by atoms with Gasteiger partial charge in [-0.15, -0.1) is 0 Å². The Balaban J connectivity index is 1.77. The fraction of sp³-hybridized carbons (Fsp3) is 0.324. The number of aromatic nitrogens is 2. The maximum absolute atomic E-state index is 13.7. The van der Waals surface area contributed by atoms with E-state index in [0.717, 1.165) is 33.9 Å². The Labute approximate surface area is 252 Å². The first kappa shape index (κ1) is 31.0. The van der Waals surface area contributed by atoms with Gasteiger partial charge in [-0.25, -0.2) is 4.68 Å². The Morgan fingerprint density at radius 2 is 1.81 bits per heavy atom. The lowest BCUT2D eigenvalue weighted by Crippen LogP contribution is -2.43. The number of nitrogens with zero attached hydrogens (tertiary/aromatic N) is 4. The number of carbonyl (C=O) groups is 3. The molecule has 2 amide bonds. The Bertz CT molecular complexity index is 1630. The number of ether oxygens (including phenoxy) is 2. The number of para-hydroxylation sites is 1. The van der Waals surface area contributed by atoms with Crippen LogP contribution in [-0.2, 0) is 19.1 Å². The van der Waals surface area contributed by atoms with E-state index in [2.05, 4.69) is 13.8 Å². The van der Waals surface area contributed by atoms with Crippen molar-refractivity contribution < 1.29 is 23.9 Å². The van der Waals surface area contributed by atoms with Crippen LogP contribution in [0.25, 0.3) is 23.0 Å². The van der Waals surface area contributed by atoms with Crippen molar-refractivity contribution in [1.82, 2.24) is 14.7 Å². The molecule has 0 fully saturated rings. The predicted octanol–water partition coefficient (Wildman–Crippen LogP) is 5.82. The lowest BCUT2D eigenvalue weighted by Gasteiger charge is -2.27. The van der Waals surface area contributed by atoms with Gasteiger partial charge in [0.2, 0.25) is 0 Å². The standard InChI is InChI=1S/C34H36N4O5/c1-22(2)14-17-43-31-13-12-26(18-23(31)3)32-27(21-38(36-32)28-10-7-6-8-11-28)19-29-24(4)30(20-35)34(41)37(33(29)40)15-9-16-42-25(5)39/h6-8,10-13,18-19,21-22H,9,14-17H2,1-5H3/b29-19+. The van der Waals surface area contributed by atoms with E-state index in [1.165, 1.54) is 6.92 Å². The number of hydrogen-bond donors (Lipinski definition) is 0. The van der Waals surface area contributed by atoms with Crippen molar-refractivity contribution in [1.29, 1.82) is 5.26 Å². The third-order valence-corrected chi connectivity index (χ3v) is 7.12. The molecule has 0 aliphatic carbocycles. The van der Waals surface area contributed by atoms with Gasteiger partial charge < -0.3 is 9.47 Å². The molecule has 222 valence electrons. The minimum Gasteiger partial charge on any atom is -0.493 e. The normalized spacial score (nSPS) is 14.4. The first-order valence-corrected chi connectivity index (χ1v) is 14.3. The SMILES string of the molecule is CC(=O)OCCCN1C(=O)C(C#N)=C(C)/C(=C\c2cn(-c3ccccc3)nc2-c2ccc(OCCC(C)C)c(C)c2)C1=O. The average molecular weight is 581 g/mol.